The predicted octanol–water partition coefficient (Wildman–Crippen LogP) is 5.21. The van der Waals surface area contributed by atoms with Crippen LogP contribution in [0.3, 0.4) is 0 Å². The highest BCUT2D eigenvalue weighted by Gasteiger charge is 2.36. The molecule has 2 aliphatic heterocycles. The molecular formula is C29H36ClN3O2. The molecule has 1 atom stereocenters. The smallest absolute Gasteiger partial charge is 0.253 e. The molecule has 5 nitrogen and oxygen atoms in total. The molecule has 1 unspecified atom stereocenters. The van der Waals surface area contributed by atoms with Crippen molar-refractivity contribution in [3.05, 3.63) is 58.6 Å². The fraction of sp³-hybridized carbons (Fsp3) is 0.517. The molecule has 2 N–H and O–H groups in total. The third-order valence-corrected chi connectivity index (χ3v) is 8.34. The summed E-state index contributed by atoms with van der Waals surface area (Å²) in [6.45, 7) is 2.78. The molecule has 2 amide bonds. The maximum Gasteiger partial charge on any atom is 0.253 e. The van der Waals surface area contributed by atoms with E-state index in [0.29, 0.717) is 22.5 Å². The molecule has 2 heterocycles. The number of piperidine rings is 1. The van der Waals surface area contributed by atoms with Crippen LogP contribution in [0.1, 0.15) is 67.3 Å². The fourth-order valence-corrected chi connectivity index (χ4v) is 6.20. The van der Waals surface area contributed by atoms with E-state index in [1.165, 1.54) is 37.7 Å². The second-order valence-electron chi connectivity index (χ2n) is 10.4. The van der Waals surface area contributed by atoms with E-state index in [4.69, 9.17) is 11.6 Å². The molecule has 1 saturated carbocycles. The lowest BCUT2D eigenvalue weighted by Gasteiger charge is -2.31. The zero-order valence-corrected chi connectivity index (χ0v) is 21.2. The summed E-state index contributed by atoms with van der Waals surface area (Å²) in [7, 11) is 0. The highest BCUT2D eigenvalue weighted by atomic mass is 35.5. The summed E-state index contributed by atoms with van der Waals surface area (Å²) in [4.78, 5) is 27.9. The first kappa shape index (κ1) is 24.3. The van der Waals surface area contributed by atoms with Crippen LogP contribution in [0, 0.1) is 5.92 Å². The number of carbonyl (C=O) groups excluding carboxylic acids is 2. The molecule has 0 radical (unpaired) electrons. The molecule has 0 aromatic heterocycles. The van der Waals surface area contributed by atoms with Crippen molar-refractivity contribution in [3.63, 3.8) is 0 Å². The van der Waals surface area contributed by atoms with Gasteiger partial charge in [0.1, 0.15) is 0 Å². The van der Waals surface area contributed by atoms with Crippen LogP contribution in [0.2, 0.25) is 5.02 Å². The highest BCUT2D eigenvalue weighted by Crippen LogP contribution is 2.31. The molecule has 3 fully saturated rings. The van der Waals surface area contributed by atoms with Gasteiger partial charge in [0.2, 0.25) is 5.91 Å². The summed E-state index contributed by atoms with van der Waals surface area (Å²) < 4.78 is 0. The van der Waals surface area contributed by atoms with Gasteiger partial charge >= 0.3 is 0 Å². The van der Waals surface area contributed by atoms with Crippen molar-refractivity contribution in [2.24, 2.45) is 5.92 Å². The van der Waals surface area contributed by atoms with E-state index in [2.05, 4.69) is 39.8 Å². The van der Waals surface area contributed by atoms with Gasteiger partial charge in [-0.25, -0.2) is 0 Å². The molecule has 3 aliphatic rings. The molecule has 2 aromatic carbocycles. The zero-order chi connectivity index (χ0) is 24.2. The second kappa shape index (κ2) is 11.1. The minimum atomic E-state index is -0.104. The van der Waals surface area contributed by atoms with Crippen molar-refractivity contribution >= 4 is 23.4 Å². The maximum absolute atomic E-state index is 13.0. The Morgan fingerprint density at radius 1 is 0.943 bits per heavy atom. The van der Waals surface area contributed by atoms with Crippen molar-refractivity contribution in [1.29, 1.82) is 0 Å². The summed E-state index contributed by atoms with van der Waals surface area (Å²) in [6.07, 6.45) is 9.84. The Hall–Kier alpha value is -2.37. The molecular weight excluding hydrogens is 458 g/mol. The topological polar surface area (TPSA) is 61.4 Å². The number of likely N-dealkylation sites (tertiary alicyclic amines) is 1. The fourth-order valence-electron chi connectivity index (χ4n) is 5.93. The normalized spacial score (nSPS) is 21.9. The van der Waals surface area contributed by atoms with Gasteiger partial charge in [-0.05, 0) is 80.4 Å². The average molecular weight is 494 g/mol. The molecule has 1 aliphatic carbocycles. The summed E-state index contributed by atoms with van der Waals surface area (Å²) in [6, 6.07) is 14.7. The van der Waals surface area contributed by atoms with Crippen LogP contribution in [0.4, 0.5) is 0 Å². The molecule has 0 bridgehead atoms. The van der Waals surface area contributed by atoms with Gasteiger partial charge in [-0.2, -0.15) is 0 Å². The Balaban J connectivity index is 1.20. The van der Waals surface area contributed by atoms with Crippen LogP contribution in [-0.4, -0.2) is 48.4 Å². The van der Waals surface area contributed by atoms with Crippen LogP contribution < -0.4 is 10.6 Å². The largest absolute Gasteiger partial charge is 0.349 e. The van der Waals surface area contributed by atoms with E-state index >= 15 is 0 Å². The van der Waals surface area contributed by atoms with Gasteiger partial charge in [0.05, 0.1) is 10.6 Å². The van der Waals surface area contributed by atoms with Gasteiger partial charge in [0.25, 0.3) is 5.91 Å². The third-order valence-electron chi connectivity index (χ3n) is 8.02. The monoisotopic (exact) mass is 493 g/mol. The number of halogens is 1. The summed E-state index contributed by atoms with van der Waals surface area (Å²) >= 11 is 6.51. The quantitative estimate of drug-likeness (QED) is 0.580. The van der Waals surface area contributed by atoms with E-state index in [0.717, 1.165) is 56.4 Å². The van der Waals surface area contributed by atoms with Gasteiger partial charge in [0, 0.05) is 24.5 Å². The zero-order valence-electron chi connectivity index (χ0n) is 20.4. The van der Waals surface area contributed by atoms with E-state index in [-0.39, 0.29) is 17.9 Å². The van der Waals surface area contributed by atoms with Crippen LogP contribution >= 0.6 is 11.6 Å². The first-order valence-electron chi connectivity index (χ1n) is 13.3. The molecule has 0 spiro atoms. The molecule has 35 heavy (non-hydrogen) atoms. The van der Waals surface area contributed by atoms with Crippen LogP contribution in [0.5, 0.6) is 0 Å². The molecule has 5 rings (SSSR count). The molecule has 186 valence electrons. The van der Waals surface area contributed by atoms with E-state index in [9.17, 15) is 9.59 Å². The lowest BCUT2D eigenvalue weighted by atomic mass is 9.93. The summed E-state index contributed by atoms with van der Waals surface area (Å²) in [5.41, 5.74) is 3.76. The number of nitrogens with zero attached hydrogens (tertiary/aromatic N) is 1. The van der Waals surface area contributed by atoms with E-state index < -0.39 is 0 Å². The van der Waals surface area contributed by atoms with Gasteiger partial charge < -0.3 is 15.5 Å². The average Bonchev–Trinajstić information content (AvgIpc) is 3.25. The lowest BCUT2D eigenvalue weighted by molar-refractivity contribution is -0.133. The maximum atomic E-state index is 13.0. The van der Waals surface area contributed by atoms with Crippen molar-refractivity contribution in [3.8, 4) is 11.1 Å². The number of hydrogen-bond donors (Lipinski definition) is 2. The first-order chi connectivity index (χ1) is 17.1. The van der Waals surface area contributed by atoms with Crippen LogP contribution in [0.15, 0.2) is 42.5 Å². The van der Waals surface area contributed by atoms with Crippen LogP contribution in [-0.2, 0) is 11.2 Å². The van der Waals surface area contributed by atoms with Crippen LogP contribution in [0.25, 0.3) is 11.1 Å². The molecule has 6 heteroatoms. The Bertz CT molecular complexity index is 1040. The Kier molecular flexibility index (Phi) is 7.74. The molecule has 2 saturated heterocycles. The number of carbonyl (C=O) groups is 2. The second-order valence-corrected chi connectivity index (χ2v) is 10.8. The highest BCUT2D eigenvalue weighted by molar-refractivity contribution is 6.34. The lowest BCUT2D eigenvalue weighted by Crippen LogP contribution is -2.42. The van der Waals surface area contributed by atoms with Gasteiger partial charge in [-0.1, -0.05) is 61.2 Å². The van der Waals surface area contributed by atoms with E-state index in [1.807, 2.05) is 18.2 Å². The Morgan fingerprint density at radius 3 is 2.37 bits per heavy atom. The van der Waals surface area contributed by atoms with Crippen molar-refractivity contribution in [1.82, 2.24) is 15.5 Å². The number of benzene rings is 2. The first-order valence-corrected chi connectivity index (χ1v) is 13.7. The predicted molar refractivity (Wildman–Crippen MR) is 141 cm³/mol. The standard InChI is InChI=1S/C29H36ClN3O2/c30-27-19-22(10-11-26(27)28(34)32-24-12-15-31-16-13-24)21-8-6-20(7-9-21)18-23-14-17-33(29(23)35)25-4-2-1-3-5-25/h6-11,19,23-25,31H,1-5,12-18H2,(H,32,34). The molecule has 2 aromatic rings. The van der Waals surface area contributed by atoms with Crippen molar-refractivity contribution in [2.75, 3.05) is 19.6 Å². The Labute approximate surface area is 213 Å². The minimum absolute atomic E-state index is 0.104. The number of hydrogen-bond acceptors (Lipinski definition) is 3. The third kappa shape index (κ3) is 5.73. The number of rotatable bonds is 6. The minimum Gasteiger partial charge on any atom is -0.349 e. The van der Waals surface area contributed by atoms with Gasteiger partial charge in [0.15, 0.2) is 0 Å². The van der Waals surface area contributed by atoms with E-state index in [1.54, 1.807) is 0 Å². The van der Waals surface area contributed by atoms with Gasteiger partial charge in [-0.3, -0.25) is 9.59 Å². The number of amides is 2. The summed E-state index contributed by atoms with van der Waals surface area (Å²) in [5, 5.41) is 6.89. The Morgan fingerprint density at radius 2 is 1.66 bits per heavy atom. The van der Waals surface area contributed by atoms with Gasteiger partial charge in [-0.15, -0.1) is 0 Å². The van der Waals surface area contributed by atoms with Crippen molar-refractivity contribution < 1.29 is 9.59 Å². The van der Waals surface area contributed by atoms with Crippen molar-refractivity contribution in [2.45, 2.75) is 69.9 Å². The SMILES string of the molecule is O=C(NC1CCNCC1)c1ccc(-c2ccc(CC3CCN(C4CCCCC4)C3=O)cc2)cc1Cl. The number of nitrogens with one attached hydrogen (secondary N) is 2. The summed E-state index contributed by atoms with van der Waals surface area (Å²) in [5.74, 6) is 0.355.